The molecule has 2 aromatic rings. The second-order valence-corrected chi connectivity index (χ2v) is 5.36. The average Bonchev–Trinajstić information content (AvgIpc) is 2.81. The molecule has 6 heteroatoms. The molecule has 1 heterocycles. The zero-order chi connectivity index (χ0) is 16.8. The molecule has 0 fully saturated rings. The van der Waals surface area contributed by atoms with E-state index in [0.717, 1.165) is 28.7 Å². The number of hydrogen-bond acceptors (Lipinski definition) is 3. The fourth-order valence-electron chi connectivity index (χ4n) is 2.49. The Kier molecular flexibility index (Phi) is 5.62. The van der Waals surface area contributed by atoms with E-state index in [9.17, 15) is 0 Å². The van der Waals surface area contributed by atoms with Gasteiger partial charge in [0.25, 0.3) is 0 Å². The second-order valence-electron chi connectivity index (χ2n) is 5.36. The molecule has 0 saturated carbocycles. The van der Waals surface area contributed by atoms with Crippen LogP contribution in [-0.2, 0) is 20.1 Å². The molecule has 6 nitrogen and oxygen atoms in total. The minimum Gasteiger partial charge on any atom is -0.496 e. The molecule has 1 aromatic heterocycles. The molecule has 0 aliphatic heterocycles. The molecule has 0 saturated heterocycles. The van der Waals surface area contributed by atoms with Gasteiger partial charge in [0.1, 0.15) is 5.75 Å². The van der Waals surface area contributed by atoms with Crippen LogP contribution in [0, 0.1) is 13.8 Å². The van der Waals surface area contributed by atoms with Gasteiger partial charge in [-0.2, -0.15) is 5.10 Å². The Labute approximate surface area is 137 Å². The molecule has 0 unspecified atom stereocenters. The quantitative estimate of drug-likeness (QED) is 0.653. The molecule has 124 valence electrons. The van der Waals surface area contributed by atoms with E-state index in [-0.39, 0.29) is 0 Å². The Morgan fingerprint density at radius 1 is 1.22 bits per heavy atom. The lowest BCUT2D eigenvalue weighted by atomic mass is 10.2. The molecule has 0 radical (unpaired) electrons. The molecule has 0 atom stereocenters. The highest BCUT2D eigenvalue weighted by atomic mass is 16.5. The van der Waals surface area contributed by atoms with Gasteiger partial charge >= 0.3 is 0 Å². The van der Waals surface area contributed by atoms with Crippen LogP contribution in [0.25, 0.3) is 0 Å². The van der Waals surface area contributed by atoms with Gasteiger partial charge in [-0.3, -0.25) is 9.67 Å². The van der Waals surface area contributed by atoms with Gasteiger partial charge in [-0.15, -0.1) is 0 Å². The summed E-state index contributed by atoms with van der Waals surface area (Å²) >= 11 is 0. The predicted octanol–water partition coefficient (Wildman–Crippen LogP) is 1.91. The summed E-state index contributed by atoms with van der Waals surface area (Å²) in [6, 6.07) is 7.95. The van der Waals surface area contributed by atoms with Gasteiger partial charge in [-0.05, 0) is 19.9 Å². The van der Waals surface area contributed by atoms with Crippen LogP contribution < -0.4 is 15.4 Å². The normalized spacial score (nSPS) is 11.4. The van der Waals surface area contributed by atoms with E-state index in [2.05, 4.69) is 27.6 Å². The van der Waals surface area contributed by atoms with Crippen LogP contribution >= 0.6 is 0 Å². The summed E-state index contributed by atoms with van der Waals surface area (Å²) in [6.45, 7) is 5.43. The first-order valence-corrected chi connectivity index (χ1v) is 7.62. The van der Waals surface area contributed by atoms with Gasteiger partial charge in [-0.1, -0.05) is 18.2 Å². The molecule has 2 rings (SSSR count). The average molecular weight is 315 g/mol. The van der Waals surface area contributed by atoms with Crippen molar-refractivity contribution >= 4 is 5.96 Å². The van der Waals surface area contributed by atoms with Crippen LogP contribution in [0.3, 0.4) is 0 Å². The third-order valence-electron chi connectivity index (χ3n) is 3.95. The predicted molar refractivity (Wildman–Crippen MR) is 92.7 cm³/mol. The molecule has 0 aliphatic carbocycles. The second kappa shape index (κ2) is 7.67. The smallest absolute Gasteiger partial charge is 0.191 e. The monoisotopic (exact) mass is 315 g/mol. The van der Waals surface area contributed by atoms with E-state index in [4.69, 9.17) is 4.74 Å². The number of guanidine groups is 1. The minimum absolute atomic E-state index is 0.648. The summed E-state index contributed by atoms with van der Waals surface area (Å²) in [5.41, 5.74) is 4.49. The Morgan fingerprint density at radius 2 is 1.91 bits per heavy atom. The van der Waals surface area contributed by atoms with Gasteiger partial charge in [0.2, 0.25) is 0 Å². The Morgan fingerprint density at radius 3 is 2.52 bits per heavy atom. The number of para-hydroxylation sites is 1. The molecule has 0 aliphatic rings. The number of aryl methyl sites for hydroxylation is 2. The Balaban J connectivity index is 1.96. The van der Waals surface area contributed by atoms with E-state index < -0.39 is 0 Å². The van der Waals surface area contributed by atoms with Crippen LogP contribution in [-0.4, -0.2) is 29.9 Å². The van der Waals surface area contributed by atoms with Gasteiger partial charge in [-0.25, -0.2) is 0 Å². The fourth-order valence-corrected chi connectivity index (χ4v) is 2.49. The highest BCUT2D eigenvalue weighted by molar-refractivity contribution is 5.79. The molecule has 0 amide bonds. The van der Waals surface area contributed by atoms with Crippen molar-refractivity contribution < 1.29 is 4.74 Å². The van der Waals surface area contributed by atoms with E-state index in [1.807, 2.05) is 42.9 Å². The zero-order valence-corrected chi connectivity index (χ0v) is 14.5. The number of benzene rings is 1. The molecule has 0 bridgehead atoms. The highest BCUT2D eigenvalue weighted by Crippen LogP contribution is 2.16. The molecule has 2 N–H and O–H groups in total. The first-order valence-electron chi connectivity index (χ1n) is 7.62. The summed E-state index contributed by atoms with van der Waals surface area (Å²) in [6.07, 6.45) is 0. The number of rotatable bonds is 5. The number of nitrogens with zero attached hydrogens (tertiary/aromatic N) is 3. The number of aromatic nitrogens is 2. The van der Waals surface area contributed by atoms with Crippen LogP contribution in [0.4, 0.5) is 0 Å². The summed E-state index contributed by atoms with van der Waals surface area (Å²) in [5, 5.41) is 11.1. The Bertz CT molecular complexity index is 690. The molecular weight excluding hydrogens is 290 g/mol. The summed E-state index contributed by atoms with van der Waals surface area (Å²) < 4.78 is 7.26. The minimum atomic E-state index is 0.648. The van der Waals surface area contributed by atoms with Crippen molar-refractivity contribution in [1.82, 2.24) is 20.4 Å². The summed E-state index contributed by atoms with van der Waals surface area (Å²) in [4.78, 5) is 4.27. The van der Waals surface area contributed by atoms with Crippen molar-refractivity contribution in [3.05, 3.63) is 46.8 Å². The van der Waals surface area contributed by atoms with Gasteiger partial charge in [0, 0.05) is 44.0 Å². The fraction of sp³-hybridized carbons (Fsp3) is 0.412. The molecular formula is C17H25N5O. The van der Waals surface area contributed by atoms with Crippen LogP contribution in [0.2, 0.25) is 0 Å². The maximum atomic E-state index is 5.36. The largest absolute Gasteiger partial charge is 0.496 e. The third kappa shape index (κ3) is 4.03. The number of hydrogen-bond donors (Lipinski definition) is 2. The third-order valence-corrected chi connectivity index (χ3v) is 3.95. The first-order chi connectivity index (χ1) is 11.1. The van der Waals surface area contributed by atoms with Crippen LogP contribution in [0.1, 0.15) is 22.5 Å². The molecule has 23 heavy (non-hydrogen) atoms. The van der Waals surface area contributed by atoms with Gasteiger partial charge in [0.05, 0.1) is 12.8 Å². The lowest BCUT2D eigenvalue weighted by molar-refractivity contribution is 0.409. The maximum absolute atomic E-state index is 5.36. The van der Waals surface area contributed by atoms with Crippen molar-refractivity contribution in [3.8, 4) is 5.75 Å². The first kappa shape index (κ1) is 16.9. The number of methoxy groups -OCH3 is 1. The van der Waals surface area contributed by atoms with E-state index in [1.165, 1.54) is 5.56 Å². The summed E-state index contributed by atoms with van der Waals surface area (Å²) in [7, 11) is 5.40. The number of ether oxygens (including phenoxy) is 1. The number of aliphatic imine (C=N–C) groups is 1. The SMILES string of the molecule is CN=C(NCc1ccccc1OC)NCc1c(C)nn(C)c1C. The number of nitrogens with one attached hydrogen (secondary N) is 2. The molecule has 0 spiro atoms. The van der Waals surface area contributed by atoms with Crippen molar-refractivity contribution in [1.29, 1.82) is 0 Å². The van der Waals surface area contributed by atoms with E-state index in [1.54, 1.807) is 14.2 Å². The van der Waals surface area contributed by atoms with Crippen molar-refractivity contribution in [2.45, 2.75) is 26.9 Å². The van der Waals surface area contributed by atoms with Crippen molar-refractivity contribution in [3.63, 3.8) is 0 Å². The van der Waals surface area contributed by atoms with E-state index >= 15 is 0 Å². The zero-order valence-electron chi connectivity index (χ0n) is 14.5. The van der Waals surface area contributed by atoms with Crippen LogP contribution in [0.15, 0.2) is 29.3 Å². The lowest BCUT2D eigenvalue weighted by Crippen LogP contribution is -2.36. The van der Waals surface area contributed by atoms with Gasteiger partial charge in [0.15, 0.2) is 5.96 Å². The van der Waals surface area contributed by atoms with Crippen LogP contribution in [0.5, 0.6) is 5.75 Å². The van der Waals surface area contributed by atoms with E-state index in [0.29, 0.717) is 13.1 Å². The van der Waals surface area contributed by atoms with Crippen molar-refractivity contribution in [2.75, 3.05) is 14.2 Å². The standard InChI is InChI=1S/C17H25N5O/c1-12-15(13(2)22(4)21-12)11-20-17(18-3)19-10-14-8-6-7-9-16(14)23-5/h6-9H,10-11H2,1-5H3,(H2,18,19,20). The van der Waals surface area contributed by atoms with Crippen molar-refractivity contribution in [2.24, 2.45) is 12.0 Å². The lowest BCUT2D eigenvalue weighted by Gasteiger charge is -2.14. The Hall–Kier alpha value is -2.50. The summed E-state index contributed by atoms with van der Waals surface area (Å²) in [5.74, 6) is 1.62. The topological polar surface area (TPSA) is 63.5 Å². The molecule has 1 aromatic carbocycles. The maximum Gasteiger partial charge on any atom is 0.191 e. The van der Waals surface area contributed by atoms with Gasteiger partial charge < -0.3 is 15.4 Å². The highest BCUT2D eigenvalue weighted by Gasteiger charge is 2.10.